The van der Waals surface area contributed by atoms with E-state index in [1.54, 1.807) is 6.07 Å². The van der Waals surface area contributed by atoms with Gasteiger partial charge in [-0.1, -0.05) is 32.9 Å². The molecule has 0 heterocycles. The second-order valence-corrected chi connectivity index (χ2v) is 5.60. The van der Waals surface area contributed by atoms with Crippen molar-refractivity contribution < 1.29 is 13.0 Å². The molecule has 0 saturated carbocycles. The van der Waals surface area contributed by atoms with E-state index in [1.165, 1.54) is 12.1 Å². The Hall–Kier alpha value is -0.870. The van der Waals surface area contributed by atoms with Crippen LogP contribution in [0.15, 0.2) is 29.2 Å². The minimum Gasteiger partial charge on any atom is -0.744 e. The van der Waals surface area contributed by atoms with Crippen molar-refractivity contribution in [1.82, 2.24) is 0 Å². The lowest BCUT2D eigenvalue weighted by atomic mass is 9.82. The lowest BCUT2D eigenvalue weighted by Gasteiger charge is -2.24. The Morgan fingerprint density at radius 1 is 1.33 bits per heavy atom. The van der Waals surface area contributed by atoms with Crippen LogP contribution in [0.2, 0.25) is 0 Å². The third-order valence-corrected chi connectivity index (χ3v) is 3.62. The molecule has 0 amide bonds. The minimum atomic E-state index is -4.34. The fraction of sp³-hybridized carbons (Fsp3) is 0.455. The normalized spacial score (nSPS) is 12.8. The maximum absolute atomic E-state index is 10.8. The molecule has 0 N–H and O–H groups in total. The Morgan fingerprint density at radius 2 is 1.93 bits per heavy atom. The van der Waals surface area contributed by atoms with Crippen LogP contribution in [0, 0.1) is 0 Å². The number of benzene rings is 1. The quantitative estimate of drug-likeness (QED) is 0.744. The standard InChI is InChI=1S/C11H16O3S/c1-4-11(2,3)9-6-5-7-10(8-9)15(12,13)14/h5-8H,4H2,1-3H3,(H,12,13,14)/p-1. The van der Waals surface area contributed by atoms with E-state index in [2.05, 4.69) is 0 Å². The van der Waals surface area contributed by atoms with Crippen LogP contribution in [-0.2, 0) is 15.5 Å². The zero-order valence-corrected chi connectivity index (χ0v) is 9.97. The molecule has 0 aliphatic rings. The van der Waals surface area contributed by atoms with E-state index in [0.717, 1.165) is 12.0 Å². The zero-order chi connectivity index (χ0) is 11.7. The molecule has 0 atom stereocenters. The molecule has 0 spiro atoms. The van der Waals surface area contributed by atoms with Crippen molar-refractivity contribution in [1.29, 1.82) is 0 Å². The van der Waals surface area contributed by atoms with Gasteiger partial charge in [-0.15, -0.1) is 0 Å². The monoisotopic (exact) mass is 227 g/mol. The molecule has 0 aromatic heterocycles. The van der Waals surface area contributed by atoms with Gasteiger partial charge in [0.1, 0.15) is 10.1 Å². The van der Waals surface area contributed by atoms with Crippen LogP contribution in [-0.4, -0.2) is 13.0 Å². The van der Waals surface area contributed by atoms with Crippen LogP contribution in [0.1, 0.15) is 32.8 Å². The van der Waals surface area contributed by atoms with Gasteiger partial charge in [0.2, 0.25) is 0 Å². The molecule has 0 unspecified atom stereocenters. The maximum Gasteiger partial charge on any atom is 0.124 e. The molecule has 0 aliphatic heterocycles. The third kappa shape index (κ3) is 2.79. The second kappa shape index (κ2) is 3.94. The highest BCUT2D eigenvalue weighted by atomic mass is 32.2. The van der Waals surface area contributed by atoms with Crippen LogP contribution in [0.3, 0.4) is 0 Å². The van der Waals surface area contributed by atoms with Gasteiger partial charge in [-0.3, -0.25) is 0 Å². The molecular weight excluding hydrogens is 212 g/mol. The first kappa shape index (κ1) is 12.2. The Bertz CT molecular complexity index is 447. The third-order valence-electron chi connectivity index (χ3n) is 2.79. The Morgan fingerprint density at radius 3 is 2.40 bits per heavy atom. The summed E-state index contributed by atoms with van der Waals surface area (Å²) in [5.74, 6) is 0. The van der Waals surface area contributed by atoms with Gasteiger partial charge in [0.25, 0.3) is 0 Å². The fourth-order valence-electron chi connectivity index (χ4n) is 1.28. The van der Waals surface area contributed by atoms with Gasteiger partial charge in [-0.05, 0) is 29.5 Å². The lowest BCUT2D eigenvalue weighted by Crippen LogP contribution is -2.16. The fourth-order valence-corrected chi connectivity index (χ4v) is 1.79. The van der Waals surface area contributed by atoms with E-state index in [9.17, 15) is 13.0 Å². The minimum absolute atomic E-state index is 0.110. The van der Waals surface area contributed by atoms with E-state index >= 15 is 0 Å². The summed E-state index contributed by atoms with van der Waals surface area (Å²) in [6, 6.07) is 6.25. The molecular formula is C11H15O3S-. The van der Waals surface area contributed by atoms with Gasteiger partial charge in [0.05, 0.1) is 4.90 Å². The molecule has 3 nitrogen and oxygen atoms in total. The van der Waals surface area contributed by atoms with Crippen LogP contribution in [0.4, 0.5) is 0 Å². The summed E-state index contributed by atoms with van der Waals surface area (Å²) in [6.07, 6.45) is 0.884. The maximum atomic E-state index is 10.8. The summed E-state index contributed by atoms with van der Waals surface area (Å²) in [6.45, 7) is 6.06. The predicted molar refractivity (Wildman–Crippen MR) is 57.7 cm³/mol. The van der Waals surface area contributed by atoms with E-state index in [-0.39, 0.29) is 10.3 Å². The van der Waals surface area contributed by atoms with Crippen molar-refractivity contribution in [2.45, 2.75) is 37.5 Å². The molecule has 0 aliphatic carbocycles. The number of rotatable bonds is 3. The Labute approximate surface area is 90.9 Å². The summed E-state index contributed by atoms with van der Waals surface area (Å²) in [4.78, 5) is -0.151. The predicted octanol–water partition coefficient (Wildman–Crippen LogP) is 2.28. The van der Waals surface area contributed by atoms with Gasteiger partial charge < -0.3 is 4.55 Å². The summed E-state index contributed by atoms with van der Waals surface area (Å²) in [5, 5.41) is 0. The molecule has 0 saturated heterocycles. The van der Waals surface area contributed by atoms with Gasteiger partial charge >= 0.3 is 0 Å². The average Bonchev–Trinajstić information content (AvgIpc) is 2.17. The molecule has 4 heteroatoms. The van der Waals surface area contributed by atoms with Crippen molar-refractivity contribution >= 4 is 10.1 Å². The summed E-state index contributed by atoms with van der Waals surface area (Å²) in [7, 11) is -4.34. The van der Waals surface area contributed by atoms with Gasteiger partial charge in [0, 0.05) is 0 Å². The van der Waals surface area contributed by atoms with Crippen LogP contribution in [0.25, 0.3) is 0 Å². The lowest BCUT2D eigenvalue weighted by molar-refractivity contribution is 0.461. The molecule has 0 radical (unpaired) electrons. The highest BCUT2D eigenvalue weighted by Crippen LogP contribution is 2.27. The van der Waals surface area contributed by atoms with Crippen molar-refractivity contribution in [3.63, 3.8) is 0 Å². The molecule has 1 aromatic rings. The van der Waals surface area contributed by atoms with Crippen LogP contribution in [0.5, 0.6) is 0 Å². The van der Waals surface area contributed by atoms with Crippen molar-refractivity contribution in [2.24, 2.45) is 0 Å². The molecule has 0 bridgehead atoms. The SMILES string of the molecule is CCC(C)(C)c1cccc(S(=O)(=O)[O-])c1. The highest BCUT2D eigenvalue weighted by molar-refractivity contribution is 7.85. The Balaban J connectivity index is 3.26. The number of hydrogen-bond donors (Lipinski definition) is 0. The summed E-state index contributed by atoms with van der Waals surface area (Å²) in [5.41, 5.74) is 0.766. The summed E-state index contributed by atoms with van der Waals surface area (Å²) < 4.78 is 32.5. The van der Waals surface area contributed by atoms with Crippen molar-refractivity contribution in [3.8, 4) is 0 Å². The van der Waals surface area contributed by atoms with E-state index in [4.69, 9.17) is 0 Å². The molecule has 1 aromatic carbocycles. The molecule has 1 rings (SSSR count). The molecule has 84 valence electrons. The van der Waals surface area contributed by atoms with E-state index in [1.807, 2.05) is 26.8 Å². The average molecular weight is 227 g/mol. The van der Waals surface area contributed by atoms with E-state index in [0.29, 0.717) is 0 Å². The second-order valence-electron chi connectivity index (χ2n) is 4.22. The largest absolute Gasteiger partial charge is 0.744 e. The number of hydrogen-bond acceptors (Lipinski definition) is 3. The Kier molecular flexibility index (Phi) is 3.21. The van der Waals surface area contributed by atoms with Crippen molar-refractivity contribution in [3.05, 3.63) is 29.8 Å². The molecule has 15 heavy (non-hydrogen) atoms. The van der Waals surface area contributed by atoms with Gasteiger partial charge in [-0.2, -0.15) is 0 Å². The first-order valence-electron chi connectivity index (χ1n) is 4.84. The van der Waals surface area contributed by atoms with Crippen LogP contribution < -0.4 is 0 Å². The smallest absolute Gasteiger partial charge is 0.124 e. The van der Waals surface area contributed by atoms with Crippen molar-refractivity contribution in [2.75, 3.05) is 0 Å². The zero-order valence-electron chi connectivity index (χ0n) is 9.15. The van der Waals surface area contributed by atoms with E-state index < -0.39 is 10.1 Å². The highest BCUT2D eigenvalue weighted by Gasteiger charge is 2.18. The topological polar surface area (TPSA) is 57.2 Å². The first-order chi connectivity index (χ1) is 6.77. The van der Waals surface area contributed by atoms with Gasteiger partial charge in [-0.25, -0.2) is 8.42 Å². The van der Waals surface area contributed by atoms with Gasteiger partial charge in [0.15, 0.2) is 0 Å². The van der Waals surface area contributed by atoms with Crippen LogP contribution >= 0.6 is 0 Å². The molecule has 0 fully saturated rings. The first-order valence-corrected chi connectivity index (χ1v) is 6.24. The summed E-state index contributed by atoms with van der Waals surface area (Å²) >= 11 is 0.